The highest BCUT2D eigenvalue weighted by Crippen LogP contribution is 2.11. The van der Waals surface area contributed by atoms with Crippen LogP contribution in [0.3, 0.4) is 0 Å². The Kier molecular flexibility index (Phi) is 3.85. The average molecular weight is 213 g/mol. The third-order valence-corrected chi connectivity index (χ3v) is 2.58. The number of hydrogen-bond donors (Lipinski definition) is 2. The number of nitrogens with zero attached hydrogens (tertiary/aromatic N) is 1. The molecule has 0 aromatic carbocycles. The second-order valence-electron chi connectivity index (χ2n) is 2.40. The maximum atomic E-state index is 4.84. The third kappa shape index (κ3) is 3.52. The third-order valence-electron chi connectivity index (χ3n) is 1.35. The van der Waals surface area contributed by atoms with Crippen LogP contribution in [0.4, 0.5) is 0 Å². The zero-order chi connectivity index (χ0) is 9.68. The standard InChI is InChI=1S/C8H11N3S2/c1-6-3-4-7(13-6)5-10-11-8(12)9-2/h3-5H,1-2H3,(H2,9,11,12)/b10-5+. The summed E-state index contributed by atoms with van der Waals surface area (Å²) < 4.78 is 0. The van der Waals surface area contributed by atoms with Gasteiger partial charge >= 0.3 is 0 Å². The van der Waals surface area contributed by atoms with Crippen molar-refractivity contribution in [3.8, 4) is 0 Å². The van der Waals surface area contributed by atoms with Crippen molar-refractivity contribution in [3.05, 3.63) is 21.9 Å². The molecule has 2 N–H and O–H groups in total. The first-order valence-corrected chi connectivity index (χ1v) is 5.02. The summed E-state index contributed by atoms with van der Waals surface area (Å²) in [6.45, 7) is 2.06. The number of hydrogen-bond acceptors (Lipinski definition) is 3. The molecule has 0 amide bonds. The first kappa shape index (κ1) is 10.1. The Bertz CT molecular complexity index is 317. The highest BCUT2D eigenvalue weighted by atomic mass is 32.1. The second-order valence-corrected chi connectivity index (χ2v) is 4.13. The molecule has 0 spiro atoms. The van der Waals surface area contributed by atoms with E-state index >= 15 is 0 Å². The summed E-state index contributed by atoms with van der Waals surface area (Å²) >= 11 is 6.54. The van der Waals surface area contributed by atoms with Gasteiger partial charge in [-0.05, 0) is 31.3 Å². The Balaban J connectivity index is 2.45. The Labute approximate surface area is 86.9 Å². The van der Waals surface area contributed by atoms with Gasteiger partial charge in [-0.25, -0.2) is 0 Å². The van der Waals surface area contributed by atoms with Gasteiger partial charge in [0, 0.05) is 16.8 Å². The van der Waals surface area contributed by atoms with Crippen LogP contribution in [0.2, 0.25) is 0 Å². The van der Waals surface area contributed by atoms with Crippen molar-refractivity contribution >= 4 is 34.9 Å². The quantitative estimate of drug-likeness (QED) is 0.444. The summed E-state index contributed by atoms with van der Waals surface area (Å²) in [5.41, 5.74) is 2.69. The molecule has 1 aromatic heterocycles. The van der Waals surface area contributed by atoms with Gasteiger partial charge in [-0.2, -0.15) is 5.10 Å². The zero-order valence-electron chi connectivity index (χ0n) is 7.50. The molecule has 1 rings (SSSR count). The number of thiophene rings is 1. The zero-order valence-corrected chi connectivity index (χ0v) is 9.13. The van der Waals surface area contributed by atoms with Crippen molar-refractivity contribution in [2.75, 3.05) is 7.05 Å². The minimum Gasteiger partial charge on any atom is -0.364 e. The van der Waals surface area contributed by atoms with Gasteiger partial charge in [0.1, 0.15) is 0 Å². The fourth-order valence-corrected chi connectivity index (χ4v) is 1.54. The van der Waals surface area contributed by atoms with Crippen LogP contribution >= 0.6 is 23.6 Å². The number of thiocarbonyl (C=S) groups is 1. The molecule has 0 fully saturated rings. The van der Waals surface area contributed by atoms with Crippen molar-refractivity contribution < 1.29 is 0 Å². The molecule has 0 aliphatic carbocycles. The van der Waals surface area contributed by atoms with Crippen molar-refractivity contribution in [2.24, 2.45) is 5.10 Å². The Hall–Kier alpha value is -0.940. The van der Waals surface area contributed by atoms with E-state index in [-0.39, 0.29) is 0 Å². The maximum Gasteiger partial charge on any atom is 0.186 e. The van der Waals surface area contributed by atoms with Crippen LogP contribution in [0, 0.1) is 6.92 Å². The lowest BCUT2D eigenvalue weighted by Gasteiger charge is -1.98. The molecule has 1 aromatic rings. The number of aryl methyl sites for hydroxylation is 1. The van der Waals surface area contributed by atoms with E-state index in [1.807, 2.05) is 6.07 Å². The molecular weight excluding hydrogens is 202 g/mol. The van der Waals surface area contributed by atoms with Crippen molar-refractivity contribution in [2.45, 2.75) is 6.92 Å². The molecule has 0 atom stereocenters. The highest BCUT2D eigenvalue weighted by Gasteiger charge is 1.91. The van der Waals surface area contributed by atoms with E-state index in [9.17, 15) is 0 Å². The minimum atomic E-state index is 0.518. The fraction of sp³-hybridized carbons (Fsp3) is 0.250. The number of rotatable bonds is 2. The van der Waals surface area contributed by atoms with E-state index in [1.54, 1.807) is 24.6 Å². The van der Waals surface area contributed by atoms with Crippen LogP contribution in [0.15, 0.2) is 17.2 Å². The SMILES string of the molecule is CNC(=S)N/N=C/c1ccc(C)s1. The monoisotopic (exact) mass is 213 g/mol. The lowest BCUT2D eigenvalue weighted by atomic mass is 10.4. The molecule has 0 bridgehead atoms. The van der Waals surface area contributed by atoms with Gasteiger partial charge in [-0.3, -0.25) is 5.43 Å². The molecule has 70 valence electrons. The molecule has 0 aliphatic rings. The molecule has 13 heavy (non-hydrogen) atoms. The molecule has 0 radical (unpaired) electrons. The van der Waals surface area contributed by atoms with Crippen LogP contribution in [0.5, 0.6) is 0 Å². The van der Waals surface area contributed by atoms with E-state index in [0.29, 0.717) is 5.11 Å². The largest absolute Gasteiger partial charge is 0.364 e. The van der Waals surface area contributed by atoms with Crippen LogP contribution in [0.1, 0.15) is 9.75 Å². The summed E-state index contributed by atoms with van der Waals surface area (Å²) in [5, 5.41) is 7.24. The lowest BCUT2D eigenvalue weighted by Crippen LogP contribution is -2.28. The Morgan fingerprint density at radius 3 is 2.92 bits per heavy atom. The number of nitrogens with one attached hydrogen (secondary N) is 2. The lowest BCUT2D eigenvalue weighted by molar-refractivity contribution is 0.982. The van der Waals surface area contributed by atoms with Crippen molar-refractivity contribution in [3.63, 3.8) is 0 Å². The van der Waals surface area contributed by atoms with Crippen LogP contribution in [-0.4, -0.2) is 18.4 Å². The van der Waals surface area contributed by atoms with Gasteiger partial charge in [0.2, 0.25) is 0 Å². The average Bonchev–Trinajstić information content (AvgIpc) is 2.51. The fourth-order valence-electron chi connectivity index (χ4n) is 0.733. The summed E-state index contributed by atoms with van der Waals surface area (Å²) in [6.07, 6.45) is 1.75. The highest BCUT2D eigenvalue weighted by molar-refractivity contribution is 7.80. The molecule has 1 heterocycles. The second kappa shape index (κ2) is 4.94. The molecule has 0 unspecified atom stereocenters. The van der Waals surface area contributed by atoms with Gasteiger partial charge in [0.25, 0.3) is 0 Å². The van der Waals surface area contributed by atoms with Gasteiger partial charge in [0.05, 0.1) is 6.21 Å². The van der Waals surface area contributed by atoms with Gasteiger partial charge < -0.3 is 5.32 Å². The first-order valence-electron chi connectivity index (χ1n) is 3.79. The van der Waals surface area contributed by atoms with Gasteiger partial charge in [-0.1, -0.05) is 0 Å². The van der Waals surface area contributed by atoms with E-state index in [4.69, 9.17) is 12.2 Å². The van der Waals surface area contributed by atoms with Gasteiger partial charge in [0.15, 0.2) is 5.11 Å². The van der Waals surface area contributed by atoms with Crippen LogP contribution < -0.4 is 10.7 Å². The minimum absolute atomic E-state index is 0.518. The smallest absolute Gasteiger partial charge is 0.186 e. The summed E-state index contributed by atoms with van der Waals surface area (Å²) in [6, 6.07) is 4.08. The Morgan fingerprint density at radius 1 is 1.62 bits per heavy atom. The topological polar surface area (TPSA) is 36.4 Å². The van der Waals surface area contributed by atoms with E-state index < -0.39 is 0 Å². The van der Waals surface area contributed by atoms with Crippen LogP contribution in [0.25, 0.3) is 0 Å². The summed E-state index contributed by atoms with van der Waals surface area (Å²) in [4.78, 5) is 2.39. The van der Waals surface area contributed by atoms with Crippen LogP contribution in [-0.2, 0) is 0 Å². The molecule has 0 saturated carbocycles. The predicted octanol–water partition coefficient (Wildman–Crippen LogP) is 1.48. The molecular formula is C8H11N3S2. The first-order chi connectivity index (χ1) is 6.22. The molecule has 3 nitrogen and oxygen atoms in total. The van der Waals surface area contributed by atoms with E-state index in [2.05, 4.69) is 28.8 Å². The van der Waals surface area contributed by atoms with E-state index in [0.717, 1.165) is 4.88 Å². The maximum absolute atomic E-state index is 4.84. The molecule has 0 aliphatic heterocycles. The normalized spacial score (nSPS) is 10.3. The van der Waals surface area contributed by atoms with Gasteiger partial charge in [-0.15, -0.1) is 11.3 Å². The summed E-state index contributed by atoms with van der Waals surface area (Å²) in [5.74, 6) is 0. The van der Waals surface area contributed by atoms with E-state index in [1.165, 1.54) is 4.88 Å². The van der Waals surface area contributed by atoms with Crippen molar-refractivity contribution in [1.29, 1.82) is 0 Å². The molecule has 0 saturated heterocycles. The Morgan fingerprint density at radius 2 is 2.38 bits per heavy atom. The predicted molar refractivity (Wildman–Crippen MR) is 61.4 cm³/mol. The summed E-state index contributed by atoms with van der Waals surface area (Å²) in [7, 11) is 1.75. The number of hydrazone groups is 1. The molecule has 5 heteroatoms. The van der Waals surface area contributed by atoms with Crippen molar-refractivity contribution in [1.82, 2.24) is 10.7 Å².